The summed E-state index contributed by atoms with van der Waals surface area (Å²) < 4.78 is 29.0. The summed E-state index contributed by atoms with van der Waals surface area (Å²) in [7, 11) is 0. The second-order valence-electron chi connectivity index (χ2n) is 8.01. The summed E-state index contributed by atoms with van der Waals surface area (Å²) in [4.78, 5) is 12.4. The quantitative estimate of drug-likeness (QED) is 0.874. The molecule has 1 amide bonds. The maximum Gasteiger partial charge on any atom is 0.387 e. The van der Waals surface area contributed by atoms with Gasteiger partial charge in [-0.25, -0.2) is 0 Å². The Hall–Kier alpha value is -1.65. The minimum absolute atomic E-state index is 0.0208. The molecule has 5 rings (SSSR count). The second kappa shape index (κ2) is 6.01. The predicted molar refractivity (Wildman–Crippen MR) is 86.0 cm³/mol. The SMILES string of the molecule is O=C(NCC12CC3CC(CC(C3)C1)C2)c1cccc(OC(F)F)c1. The van der Waals surface area contributed by atoms with Crippen LogP contribution in [-0.4, -0.2) is 19.1 Å². The van der Waals surface area contributed by atoms with Gasteiger partial charge in [0, 0.05) is 12.1 Å². The van der Waals surface area contributed by atoms with Crippen LogP contribution >= 0.6 is 0 Å². The highest BCUT2D eigenvalue weighted by Crippen LogP contribution is 2.59. The lowest BCUT2D eigenvalue weighted by Gasteiger charge is -2.56. The van der Waals surface area contributed by atoms with Crippen molar-refractivity contribution >= 4 is 5.91 Å². The number of carbonyl (C=O) groups excluding carboxylic acids is 1. The van der Waals surface area contributed by atoms with E-state index in [1.807, 2.05) is 0 Å². The molecule has 0 aliphatic heterocycles. The van der Waals surface area contributed by atoms with E-state index in [4.69, 9.17) is 0 Å². The van der Waals surface area contributed by atoms with Crippen LogP contribution in [0.5, 0.6) is 5.75 Å². The molecule has 0 aromatic heterocycles. The first kappa shape index (κ1) is 15.9. The molecule has 4 aliphatic carbocycles. The molecule has 4 fully saturated rings. The van der Waals surface area contributed by atoms with Crippen molar-refractivity contribution < 1.29 is 18.3 Å². The zero-order chi connectivity index (χ0) is 16.7. The summed E-state index contributed by atoms with van der Waals surface area (Å²) in [6.07, 6.45) is 7.82. The summed E-state index contributed by atoms with van der Waals surface area (Å²) in [5, 5.41) is 3.05. The van der Waals surface area contributed by atoms with Crippen molar-refractivity contribution in [2.24, 2.45) is 23.2 Å². The van der Waals surface area contributed by atoms with Crippen molar-refractivity contribution in [3.8, 4) is 5.75 Å². The highest BCUT2D eigenvalue weighted by molar-refractivity contribution is 5.94. The van der Waals surface area contributed by atoms with E-state index in [9.17, 15) is 13.6 Å². The zero-order valence-electron chi connectivity index (χ0n) is 13.6. The van der Waals surface area contributed by atoms with Gasteiger partial charge in [-0.05, 0) is 79.9 Å². The molecule has 0 saturated heterocycles. The molecule has 24 heavy (non-hydrogen) atoms. The van der Waals surface area contributed by atoms with E-state index in [-0.39, 0.29) is 17.1 Å². The fraction of sp³-hybridized carbons (Fsp3) is 0.632. The number of amides is 1. The number of halogens is 2. The van der Waals surface area contributed by atoms with E-state index in [1.54, 1.807) is 12.1 Å². The largest absolute Gasteiger partial charge is 0.435 e. The van der Waals surface area contributed by atoms with Gasteiger partial charge in [0.25, 0.3) is 5.91 Å². The molecule has 4 aliphatic rings. The standard InChI is InChI=1S/C19H23F2NO2/c20-18(21)24-16-3-1-2-15(7-16)17(23)22-11-19-8-12-4-13(9-19)6-14(5-12)10-19/h1-3,7,12-14,18H,4-6,8-11H2,(H,22,23). The van der Waals surface area contributed by atoms with Crippen molar-refractivity contribution in [3.05, 3.63) is 29.8 Å². The molecule has 1 aromatic carbocycles. The normalized spacial score (nSPS) is 33.7. The van der Waals surface area contributed by atoms with Gasteiger partial charge in [-0.3, -0.25) is 4.79 Å². The Morgan fingerprint density at radius 2 is 1.79 bits per heavy atom. The van der Waals surface area contributed by atoms with Crippen molar-refractivity contribution in [2.75, 3.05) is 6.54 Å². The highest BCUT2D eigenvalue weighted by atomic mass is 19.3. The molecule has 1 aromatic rings. The van der Waals surface area contributed by atoms with Gasteiger partial charge in [-0.1, -0.05) is 6.07 Å². The third kappa shape index (κ3) is 3.13. The fourth-order valence-corrected chi connectivity index (χ4v) is 5.69. The predicted octanol–water partition coefficient (Wildman–Crippen LogP) is 4.23. The Kier molecular flexibility index (Phi) is 3.97. The Morgan fingerprint density at radius 3 is 2.38 bits per heavy atom. The molecule has 1 N–H and O–H groups in total. The molecule has 130 valence electrons. The van der Waals surface area contributed by atoms with Gasteiger partial charge in [0.1, 0.15) is 5.75 Å². The number of hydrogen-bond acceptors (Lipinski definition) is 2. The molecular weight excluding hydrogens is 312 g/mol. The third-order valence-electron chi connectivity index (χ3n) is 6.11. The van der Waals surface area contributed by atoms with E-state index in [0.717, 1.165) is 17.8 Å². The van der Waals surface area contributed by atoms with Crippen LogP contribution in [0.4, 0.5) is 8.78 Å². The summed E-state index contributed by atoms with van der Waals surface area (Å²) in [6.45, 7) is -2.18. The lowest BCUT2D eigenvalue weighted by molar-refractivity contribution is -0.0503. The van der Waals surface area contributed by atoms with Crippen LogP contribution in [0.1, 0.15) is 48.9 Å². The van der Waals surface area contributed by atoms with Gasteiger partial charge in [0.05, 0.1) is 0 Å². The number of hydrogen-bond donors (Lipinski definition) is 1. The van der Waals surface area contributed by atoms with Gasteiger partial charge in [-0.2, -0.15) is 8.78 Å². The van der Waals surface area contributed by atoms with Crippen molar-refractivity contribution in [2.45, 2.75) is 45.1 Å². The van der Waals surface area contributed by atoms with Gasteiger partial charge in [0.2, 0.25) is 0 Å². The molecule has 0 spiro atoms. The molecule has 0 radical (unpaired) electrons. The van der Waals surface area contributed by atoms with Crippen LogP contribution in [-0.2, 0) is 0 Å². The lowest BCUT2D eigenvalue weighted by Crippen LogP contribution is -2.51. The van der Waals surface area contributed by atoms with Crippen LogP contribution in [0.25, 0.3) is 0 Å². The molecule has 5 heteroatoms. The van der Waals surface area contributed by atoms with Gasteiger partial charge in [0.15, 0.2) is 0 Å². The Bertz CT molecular complexity index is 596. The minimum atomic E-state index is -2.88. The number of benzene rings is 1. The minimum Gasteiger partial charge on any atom is -0.435 e. The average Bonchev–Trinajstić information content (AvgIpc) is 2.51. The molecule has 0 heterocycles. The molecule has 4 bridgehead atoms. The lowest BCUT2D eigenvalue weighted by atomic mass is 9.49. The van der Waals surface area contributed by atoms with Gasteiger partial charge in [-0.15, -0.1) is 0 Å². The maximum atomic E-state index is 12.4. The third-order valence-corrected chi connectivity index (χ3v) is 6.11. The second-order valence-corrected chi connectivity index (χ2v) is 8.01. The van der Waals surface area contributed by atoms with E-state index in [2.05, 4.69) is 10.1 Å². The van der Waals surface area contributed by atoms with E-state index < -0.39 is 6.61 Å². The van der Waals surface area contributed by atoms with Crippen LogP contribution < -0.4 is 10.1 Å². The molecule has 3 nitrogen and oxygen atoms in total. The van der Waals surface area contributed by atoms with Crippen molar-refractivity contribution in [1.82, 2.24) is 5.32 Å². The number of rotatable bonds is 5. The van der Waals surface area contributed by atoms with E-state index in [1.165, 1.54) is 50.7 Å². The van der Waals surface area contributed by atoms with Gasteiger partial charge < -0.3 is 10.1 Å². The number of alkyl halides is 2. The summed E-state index contributed by atoms with van der Waals surface area (Å²) >= 11 is 0. The number of nitrogens with one attached hydrogen (secondary N) is 1. The van der Waals surface area contributed by atoms with Crippen LogP contribution in [0, 0.1) is 23.2 Å². The maximum absolute atomic E-state index is 12.4. The topological polar surface area (TPSA) is 38.3 Å². The molecular formula is C19H23F2NO2. The highest BCUT2D eigenvalue weighted by Gasteiger charge is 2.50. The Labute approximate surface area is 140 Å². The zero-order valence-corrected chi connectivity index (χ0v) is 13.6. The molecule has 0 unspecified atom stereocenters. The fourth-order valence-electron chi connectivity index (χ4n) is 5.69. The Balaban J connectivity index is 1.40. The van der Waals surface area contributed by atoms with Crippen LogP contribution in [0.3, 0.4) is 0 Å². The van der Waals surface area contributed by atoms with Crippen LogP contribution in [0.2, 0.25) is 0 Å². The average molecular weight is 335 g/mol. The van der Waals surface area contributed by atoms with Crippen molar-refractivity contribution in [1.29, 1.82) is 0 Å². The van der Waals surface area contributed by atoms with E-state index in [0.29, 0.717) is 12.1 Å². The monoisotopic (exact) mass is 335 g/mol. The Morgan fingerprint density at radius 1 is 1.17 bits per heavy atom. The summed E-state index contributed by atoms with van der Waals surface area (Å²) in [5.41, 5.74) is 0.638. The summed E-state index contributed by atoms with van der Waals surface area (Å²) in [5.74, 6) is 2.35. The first-order valence-electron chi connectivity index (χ1n) is 8.84. The number of ether oxygens (including phenoxy) is 1. The molecule has 4 saturated carbocycles. The van der Waals surface area contributed by atoms with Crippen LogP contribution in [0.15, 0.2) is 24.3 Å². The first-order chi connectivity index (χ1) is 11.5. The van der Waals surface area contributed by atoms with Gasteiger partial charge >= 0.3 is 6.61 Å². The smallest absolute Gasteiger partial charge is 0.387 e. The first-order valence-corrected chi connectivity index (χ1v) is 8.84. The molecule has 0 atom stereocenters. The number of carbonyl (C=O) groups is 1. The van der Waals surface area contributed by atoms with Crippen molar-refractivity contribution in [3.63, 3.8) is 0 Å². The summed E-state index contributed by atoms with van der Waals surface area (Å²) in [6, 6.07) is 6.01. The van der Waals surface area contributed by atoms with E-state index >= 15 is 0 Å².